The van der Waals surface area contributed by atoms with E-state index in [2.05, 4.69) is 75.9 Å². The lowest BCUT2D eigenvalue weighted by Gasteiger charge is -2.20. The number of aliphatic imine (C=N–C) groups is 1. The molecule has 0 N–H and O–H groups in total. The minimum Gasteiger partial charge on any atom is -0.342 e. The van der Waals surface area contributed by atoms with E-state index in [1.165, 1.54) is 9.26 Å². The molecule has 1 heterocycles. The van der Waals surface area contributed by atoms with Gasteiger partial charge >= 0.3 is 0 Å². The zero-order valence-corrected chi connectivity index (χ0v) is 11.5. The van der Waals surface area contributed by atoms with Crippen molar-refractivity contribution in [2.75, 3.05) is 11.9 Å². The topological polar surface area (TPSA) is 15.6 Å². The Hall–Kier alpha value is -1.36. The van der Waals surface area contributed by atoms with Gasteiger partial charge in [-0.25, -0.2) is 0 Å². The Balaban J connectivity index is 2.24. The highest BCUT2D eigenvalue weighted by atomic mass is 127. The molecule has 84 valence electrons. The first-order valence-corrected chi connectivity index (χ1v) is 6.50. The van der Waals surface area contributed by atoms with Gasteiger partial charge in [0, 0.05) is 28.1 Å². The summed E-state index contributed by atoms with van der Waals surface area (Å²) in [6, 6.07) is 14.6. The Labute approximate surface area is 114 Å². The van der Waals surface area contributed by atoms with Gasteiger partial charge in [-0.05, 0) is 46.9 Å². The summed E-state index contributed by atoms with van der Waals surface area (Å²) in [5.74, 6) is 0. The highest BCUT2D eigenvalue weighted by Crippen LogP contribution is 2.37. The van der Waals surface area contributed by atoms with Crippen LogP contribution in [0.4, 0.5) is 17.1 Å². The first kappa shape index (κ1) is 10.8. The Morgan fingerprint density at radius 2 is 1.88 bits per heavy atom. The molecular weight excluding hydrogens is 323 g/mol. The molecule has 0 amide bonds. The molecule has 0 radical (unpaired) electrons. The van der Waals surface area contributed by atoms with Crippen LogP contribution in [-0.4, -0.2) is 13.3 Å². The van der Waals surface area contributed by atoms with Crippen molar-refractivity contribution >= 4 is 45.9 Å². The van der Waals surface area contributed by atoms with E-state index in [1.54, 1.807) is 0 Å². The predicted octanol–water partition coefficient (Wildman–Crippen LogP) is 4.12. The molecule has 3 heteroatoms. The van der Waals surface area contributed by atoms with Crippen LogP contribution in [0.5, 0.6) is 0 Å². The highest BCUT2D eigenvalue weighted by Gasteiger charge is 2.14. The van der Waals surface area contributed by atoms with E-state index in [1.807, 2.05) is 12.3 Å². The lowest BCUT2D eigenvalue weighted by Crippen LogP contribution is -2.10. The van der Waals surface area contributed by atoms with Crippen molar-refractivity contribution in [3.8, 4) is 0 Å². The average Bonchev–Trinajstić information content (AvgIpc) is 2.48. The summed E-state index contributed by atoms with van der Waals surface area (Å²) in [7, 11) is 2.08. The third-order valence-electron chi connectivity index (χ3n) is 2.94. The number of nitrogens with zero attached hydrogens (tertiary/aromatic N) is 2. The van der Waals surface area contributed by atoms with Crippen molar-refractivity contribution in [1.82, 2.24) is 0 Å². The normalized spacial score (nSPS) is 12.9. The van der Waals surface area contributed by atoms with Gasteiger partial charge < -0.3 is 4.90 Å². The fourth-order valence-electron chi connectivity index (χ4n) is 2.05. The number of anilines is 2. The maximum absolute atomic E-state index is 4.57. The Morgan fingerprint density at radius 3 is 2.76 bits per heavy atom. The summed E-state index contributed by atoms with van der Waals surface area (Å²) in [6.45, 7) is 0. The lowest BCUT2D eigenvalue weighted by atomic mass is 10.1. The molecule has 17 heavy (non-hydrogen) atoms. The fourth-order valence-corrected chi connectivity index (χ4v) is 2.53. The number of fused-ring (bicyclic) bond motifs is 2. The summed E-state index contributed by atoms with van der Waals surface area (Å²) < 4.78 is 1.21. The molecule has 3 rings (SSSR count). The highest BCUT2D eigenvalue weighted by molar-refractivity contribution is 14.1. The van der Waals surface area contributed by atoms with Gasteiger partial charge in [0.2, 0.25) is 0 Å². The second-order valence-electron chi connectivity index (χ2n) is 4.01. The second kappa shape index (κ2) is 4.14. The molecule has 0 fully saturated rings. The van der Waals surface area contributed by atoms with E-state index in [0.717, 1.165) is 16.9 Å². The molecule has 2 nitrogen and oxygen atoms in total. The van der Waals surface area contributed by atoms with Gasteiger partial charge in [-0.15, -0.1) is 0 Å². The third kappa shape index (κ3) is 1.84. The van der Waals surface area contributed by atoms with E-state index in [4.69, 9.17) is 0 Å². The predicted molar refractivity (Wildman–Crippen MR) is 80.9 cm³/mol. The lowest BCUT2D eigenvalue weighted by molar-refractivity contribution is 1.21. The van der Waals surface area contributed by atoms with Crippen LogP contribution in [0.3, 0.4) is 0 Å². The number of hydrogen-bond donors (Lipinski definition) is 0. The third-order valence-corrected chi connectivity index (χ3v) is 3.61. The van der Waals surface area contributed by atoms with E-state index >= 15 is 0 Å². The maximum atomic E-state index is 4.57. The molecular formula is C14H11IN2. The molecule has 1 aliphatic heterocycles. The van der Waals surface area contributed by atoms with Crippen LogP contribution in [0, 0.1) is 3.57 Å². The molecule has 0 atom stereocenters. The molecule has 0 aliphatic carbocycles. The number of halogens is 1. The van der Waals surface area contributed by atoms with Crippen molar-refractivity contribution in [2.24, 2.45) is 4.99 Å². The summed E-state index contributed by atoms with van der Waals surface area (Å²) in [5, 5.41) is 0. The van der Waals surface area contributed by atoms with Crippen LogP contribution in [0.15, 0.2) is 47.5 Å². The summed E-state index contributed by atoms with van der Waals surface area (Å²) in [4.78, 5) is 6.76. The summed E-state index contributed by atoms with van der Waals surface area (Å²) in [6.07, 6.45) is 1.94. The molecule has 2 aromatic rings. The van der Waals surface area contributed by atoms with Crippen molar-refractivity contribution in [2.45, 2.75) is 0 Å². The summed E-state index contributed by atoms with van der Waals surface area (Å²) in [5.41, 5.74) is 4.51. The van der Waals surface area contributed by atoms with Crippen LogP contribution in [-0.2, 0) is 0 Å². The summed E-state index contributed by atoms with van der Waals surface area (Å²) >= 11 is 2.31. The standard InChI is InChI=1S/C14H11IN2/c1-17-13-5-3-2-4-10(13)9-16-12-8-11(15)6-7-14(12)17/h2-9H,1H3. The van der Waals surface area contributed by atoms with Crippen molar-refractivity contribution in [3.63, 3.8) is 0 Å². The largest absolute Gasteiger partial charge is 0.342 e. The zero-order valence-electron chi connectivity index (χ0n) is 9.39. The first-order chi connectivity index (χ1) is 8.25. The van der Waals surface area contributed by atoms with Gasteiger partial charge in [0.05, 0.1) is 11.4 Å². The fraction of sp³-hybridized carbons (Fsp3) is 0.0714. The van der Waals surface area contributed by atoms with E-state index < -0.39 is 0 Å². The van der Waals surface area contributed by atoms with Gasteiger partial charge in [0.1, 0.15) is 0 Å². The first-order valence-electron chi connectivity index (χ1n) is 5.42. The van der Waals surface area contributed by atoms with Crippen molar-refractivity contribution < 1.29 is 0 Å². The maximum Gasteiger partial charge on any atom is 0.0877 e. The van der Waals surface area contributed by atoms with Crippen molar-refractivity contribution in [3.05, 3.63) is 51.6 Å². The van der Waals surface area contributed by atoms with Gasteiger partial charge in [0.15, 0.2) is 0 Å². The van der Waals surface area contributed by atoms with Crippen LogP contribution in [0.25, 0.3) is 0 Å². The van der Waals surface area contributed by atoms with Crippen LogP contribution in [0.1, 0.15) is 5.56 Å². The average molecular weight is 334 g/mol. The molecule has 1 aliphatic rings. The molecule has 2 aromatic carbocycles. The number of hydrogen-bond acceptors (Lipinski definition) is 2. The molecule has 0 bridgehead atoms. The Bertz CT molecular complexity index is 605. The van der Waals surface area contributed by atoms with Crippen LogP contribution in [0.2, 0.25) is 0 Å². The monoisotopic (exact) mass is 334 g/mol. The number of para-hydroxylation sites is 1. The van der Waals surface area contributed by atoms with Crippen LogP contribution >= 0.6 is 22.6 Å². The Morgan fingerprint density at radius 1 is 1.06 bits per heavy atom. The number of benzene rings is 2. The Kier molecular flexibility index (Phi) is 2.63. The zero-order chi connectivity index (χ0) is 11.8. The smallest absolute Gasteiger partial charge is 0.0877 e. The molecule has 0 unspecified atom stereocenters. The van der Waals surface area contributed by atoms with Gasteiger partial charge in [-0.3, -0.25) is 4.99 Å². The second-order valence-corrected chi connectivity index (χ2v) is 5.25. The van der Waals surface area contributed by atoms with Crippen LogP contribution < -0.4 is 4.90 Å². The van der Waals surface area contributed by atoms with E-state index in [-0.39, 0.29) is 0 Å². The number of rotatable bonds is 0. The SMILES string of the molecule is CN1c2ccccc2C=Nc2cc(I)ccc21. The quantitative estimate of drug-likeness (QED) is 0.662. The van der Waals surface area contributed by atoms with E-state index in [9.17, 15) is 0 Å². The molecule has 0 saturated carbocycles. The van der Waals surface area contributed by atoms with E-state index in [0.29, 0.717) is 0 Å². The van der Waals surface area contributed by atoms with Gasteiger partial charge in [0.25, 0.3) is 0 Å². The molecule has 0 spiro atoms. The van der Waals surface area contributed by atoms with Gasteiger partial charge in [-0.1, -0.05) is 18.2 Å². The van der Waals surface area contributed by atoms with Gasteiger partial charge in [-0.2, -0.15) is 0 Å². The molecule has 0 saturated heterocycles. The minimum atomic E-state index is 1.02. The van der Waals surface area contributed by atoms with Crippen molar-refractivity contribution in [1.29, 1.82) is 0 Å². The minimum absolute atomic E-state index is 1.02. The molecule has 0 aromatic heterocycles.